The number of hydrogen-bond acceptors (Lipinski definition) is 5. The average Bonchev–Trinajstić information content (AvgIpc) is 2.84. The maximum absolute atomic E-state index is 4.69. The lowest BCUT2D eigenvalue weighted by atomic mass is 10.2. The molecule has 6 nitrogen and oxygen atoms in total. The summed E-state index contributed by atoms with van der Waals surface area (Å²) in [5.41, 5.74) is 7.47. The third kappa shape index (κ3) is 3.08. The molecule has 2 saturated heterocycles. The molecular formula is C14H22N6. The van der Waals surface area contributed by atoms with Crippen molar-refractivity contribution < 1.29 is 0 Å². The maximum atomic E-state index is 4.69. The first kappa shape index (κ1) is 13.3. The van der Waals surface area contributed by atoms with E-state index in [1.807, 2.05) is 6.07 Å². The minimum atomic E-state index is 0.422. The Kier molecular flexibility index (Phi) is 3.84. The van der Waals surface area contributed by atoms with Crippen LogP contribution in [-0.2, 0) is 0 Å². The van der Waals surface area contributed by atoms with Crippen LogP contribution in [0.3, 0.4) is 0 Å². The molecule has 0 bridgehead atoms. The van der Waals surface area contributed by atoms with E-state index in [4.69, 9.17) is 0 Å². The number of anilines is 1. The monoisotopic (exact) mass is 274 g/mol. The second-order valence-corrected chi connectivity index (χ2v) is 5.53. The van der Waals surface area contributed by atoms with E-state index < -0.39 is 0 Å². The highest BCUT2D eigenvalue weighted by molar-refractivity contribution is 5.86. The Balaban J connectivity index is 1.82. The summed E-state index contributed by atoms with van der Waals surface area (Å²) in [4.78, 5) is 11.6. The number of nitrogens with one attached hydrogen (secondary N) is 3. The number of aromatic nitrogens is 1. The van der Waals surface area contributed by atoms with Gasteiger partial charge in [-0.15, -0.1) is 0 Å². The number of rotatable bonds is 2. The zero-order valence-corrected chi connectivity index (χ0v) is 12.1. The molecule has 1 unspecified atom stereocenters. The molecular weight excluding hydrogens is 252 g/mol. The smallest absolute Gasteiger partial charge is 0.156 e. The summed E-state index contributed by atoms with van der Waals surface area (Å²) in [6.45, 7) is 8.27. The van der Waals surface area contributed by atoms with Crippen molar-refractivity contribution >= 4 is 17.5 Å². The highest BCUT2D eigenvalue weighted by Gasteiger charge is 2.16. The van der Waals surface area contributed by atoms with Crippen molar-refractivity contribution in [2.24, 2.45) is 4.99 Å². The van der Waals surface area contributed by atoms with Crippen molar-refractivity contribution in [3.63, 3.8) is 0 Å². The lowest BCUT2D eigenvalue weighted by molar-refractivity contribution is 0.585. The number of hydrazine groups is 1. The fraction of sp³-hybridized carbons (Fsp3) is 0.571. The van der Waals surface area contributed by atoms with Gasteiger partial charge >= 0.3 is 0 Å². The third-order valence-electron chi connectivity index (χ3n) is 3.60. The lowest BCUT2D eigenvalue weighted by Gasteiger charge is -2.28. The molecule has 0 aromatic carbocycles. The van der Waals surface area contributed by atoms with Crippen molar-refractivity contribution in [3.8, 4) is 0 Å². The van der Waals surface area contributed by atoms with Gasteiger partial charge in [0.15, 0.2) is 5.82 Å². The highest BCUT2D eigenvalue weighted by atomic mass is 15.4. The summed E-state index contributed by atoms with van der Waals surface area (Å²) >= 11 is 0. The Bertz CT molecular complexity index is 506. The van der Waals surface area contributed by atoms with Gasteiger partial charge in [0, 0.05) is 38.6 Å². The normalized spacial score (nSPS) is 25.0. The minimum Gasteiger partial charge on any atom is -0.354 e. The van der Waals surface area contributed by atoms with Crippen LogP contribution in [0.1, 0.15) is 18.9 Å². The van der Waals surface area contributed by atoms with Gasteiger partial charge < -0.3 is 15.6 Å². The van der Waals surface area contributed by atoms with Crippen LogP contribution in [0.2, 0.25) is 0 Å². The molecule has 3 rings (SSSR count). The van der Waals surface area contributed by atoms with Crippen molar-refractivity contribution in [2.75, 3.05) is 31.1 Å². The first-order valence-corrected chi connectivity index (χ1v) is 7.24. The molecule has 0 amide bonds. The van der Waals surface area contributed by atoms with Gasteiger partial charge in [-0.2, -0.15) is 0 Å². The summed E-state index contributed by atoms with van der Waals surface area (Å²) < 4.78 is 0. The van der Waals surface area contributed by atoms with Gasteiger partial charge in [-0.3, -0.25) is 0 Å². The van der Waals surface area contributed by atoms with Crippen LogP contribution >= 0.6 is 0 Å². The van der Waals surface area contributed by atoms with Crippen LogP contribution in [-0.4, -0.2) is 43.0 Å². The third-order valence-corrected chi connectivity index (χ3v) is 3.60. The fourth-order valence-corrected chi connectivity index (χ4v) is 2.55. The van der Waals surface area contributed by atoms with E-state index in [1.165, 1.54) is 5.56 Å². The van der Waals surface area contributed by atoms with Crippen LogP contribution in [0, 0.1) is 6.92 Å². The van der Waals surface area contributed by atoms with E-state index in [0.29, 0.717) is 6.04 Å². The molecule has 0 aliphatic carbocycles. The van der Waals surface area contributed by atoms with Crippen LogP contribution in [0.25, 0.3) is 0 Å². The molecule has 20 heavy (non-hydrogen) atoms. The predicted molar refractivity (Wildman–Crippen MR) is 81.5 cm³/mol. The molecule has 0 radical (unpaired) electrons. The van der Waals surface area contributed by atoms with E-state index in [1.54, 1.807) is 0 Å². The predicted octanol–water partition coefficient (Wildman–Crippen LogP) is 0.716. The van der Waals surface area contributed by atoms with Crippen LogP contribution < -0.4 is 21.1 Å². The summed E-state index contributed by atoms with van der Waals surface area (Å²) in [5, 5.41) is 3.36. The molecule has 1 atom stereocenters. The zero-order chi connectivity index (χ0) is 13.9. The van der Waals surface area contributed by atoms with Gasteiger partial charge in [-0.1, -0.05) is 0 Å². The fourth-order valence-electron chi connectivity index (χ4n) is 2.55. The summed E-state index contributed by atoms with van der Waals surface area (Å²) in [6.07, 6.45) is 0.915. The number of hydrogen-bond donors (Lipinski definition) is 3. The molecule has 0 saturated carbocycles. The van der Waals surface area contributed by atoms with E-state index in [2.05, 4.69) is 51.0 Å². The second-order valence-electron chi connectivity index (χ2n) is 5.53. The summed E-state index contributed by atoms with van der Waals surface area (Å²) in [6, 6.07) is 4.59. The first-order valence-electron chi connectivity index (χ1n) is 7.24. The number of aliphatic imine (C=N–C) groups is 1. The number of piperazine rings is 1. The van der Waals surface area contributed by atoms with Crippen LogP contribution in [0.5, 0.6) is 0 Å². The average molecular weight is 274 g/mol. The van der Waals surface area contributed by atoms with Crippen LogP contribution in [0.4, 0.5) is 11.6 Å². The number of aryl methyl sites for hydroxylation is 1. The summed E-state index contributed by atoms with van der Waals surface area (Å²) in [5.74, 6) is 2.78. The molecule has 2 fully saturated rings. The Morgan fingerprint density at radius 3 is 2.80 bits per heavy atom. The quantitative estimate of drug-likeness (QED) is 0.741. The van der Waals surface area contributed by atoms with Crippen LogP contribution in [0.15, 0.2) is 17.1 Å². The van der Waals surface area contributed by atoms with Gasteiger partial charge in [-0.05, 0) is 31.5 Å². The van der Waals surface area contributed by atoms with E-state index >= 15 is 0 Å². The minimum absolute atomic E-state index is 0.422. The largest absolute Gasteiger partial charge is 0.354 e. The van der Waals surface area contributed by atoms with E-state index in [9.17, 15) is 0 Å². The molecule has 6 heteroatoms. The molecule has 3 heterocycles. The van der Waals surface area contributed by atoms with Gasteiger partial charge in [0.2, 0.25) is 0 Å². The molecule has 108 valence electrons. The second kappa shape index (κ2) is 5.76. The molecule has 0 spiro atoms. The highest BCUT2D eigenvalue weighted by Crippen LogP contribution is 2.20. The topological polar surface area (TPSA) is 64.6 Å². The van der Waals surface area contributed by atoms with E-state index in [-0.39, 0.29) is 0 Å². The maximum Gasteiger partial charge on any atom is 0.156 e. The Morgan fingerprint density at radius 1 is 1.30 bits per heavy atom. The van der Waals surface area contributed by atoms with Crippen molar-refractivity contribution in [3.05, 3.63) is 17.7 Å². The SMILES string of the molecule is Cc1cc(N=C2CC(C)NN2)nc(N2CCNCC2)c1. The number of pyridine rings is 1. The van der Waals surface area contributed by atoms with Gasteiger partial charge in [0.25, 0.3) is 0 Å². The lowest BCUT2D eigenvalue weighted by Crippen LogP contribution is -2.43. The molecule has 3 N–H and O–H groups in total. The van der Waals surface area contributed by atoms with Gasteiger partial charge in [-0.25, -0.2) is 15.4 Å². The molecule has 2 aliphatic rings. The Hall–Kier alpha value is -1.66. The number of amidine groups is 1. The molecule has 1 aromatic rings. The standard InChI is InChI=1S/C14H22N6/c1-10-7-12(16-13-9-11(2)18-19-13)17-14(8-10)20-5-3-15-4-6-20/h7-8,11,15,18H,3-6,9H2,1-2H3,(H,16,17,19). The van der Waals surface area contributed by atoms with Gasteiger partial charge in [0.1, 0.15) is 11.7 Å². The Morgan fingerprint density at radius 2 is 2.10 bits per heavy atom. The van der Waals surface area contributed by atoms with Crippen molar-refractivity contribution in [2.45, 2.75) is 26.3 Å². The van der Waals surface area contributed by atoms with Gasteiger partial charge in [0.05, 0.1) is 0 Å². The number of nitrogens with zero attached hydrogens (tertiary/aromatic N) is 3. The molecule has 1 aromatic heterocycles. The zero-order valence-electron chi connectivity index (χ0n) is 12.1. The summed E-state index contributed by atoms with van der Waals surface area (Å²) in [7, 11) is 0. The first-order chi connectivity index (χ1) is 9.70. The van der Waals surface area contributed by atoms with E-state index in [0.717, 1.165) is 50.1 Å². The van der Waals surface area contributed by atoms with Crippen molar-refractivity contribution in [1.82, 2.24) is 21.2 Å². The Labute approximate surface area is 119 Å². The van der Waals surface area contributed by atoms with Crippen molar-refractivity contribution in [1.29, 1.82) is 0 Å². The molecule has 2 aliphatic heterocycles.